The molecule has 1 atom stereocenters. The number of carbonyl (C=O) groups excluding carboxylic acids is 3. The Balaban J connectivity index is 3.94. The lowest BCUT2D eigenvalue weighted by atomic mass is 10.0. The number of allylic oxidation sites excluding steroid dienone is 2. The van der Waals surface area contributed by atoms with Gasteiger partial charge in [-0.05, 0) is 44.9 Å². The van der Waals surface area contributed by atoms with Crippen LogP contribution in [0.25, 0.3) is 0 Å². The van der Waals surface area contributed by atoms with E-state index >= 15 is 0 Å². The van der Waals surface area contributed by atoms with Gasteiger partial charge in [-0.15, -0.1) is 0 Å². The molecule has 6 nitrogen and oxygen atoms in total. The van der Waals surface area contributed by atoms with E-state index in [2.05, 4.69) is 32.9 Å². The van der Waals surface area contributed by atoms with Crippen molar-refractivity contribution in [2.75, 3.05) is 13.2 Å². The van der Waals surface area contributed by atoms with E-state index in [9.17, 15) is 14.4 Å². The molecular formula is C68H130O6. The summed E-state index contributed by atoms with van der Waals surface area (Å²) in [5.41, 5.74) is 0. The summed E-state index contributed by atoms with van der Waals surface area (Å²) < 4.78 is 16.8. The monoisotopic (exact) mass is 1040 g/mol. The zero-order valence-electron chi connectivity index (χ0n) is 50.4. The highest BCUT2D eigenvalue weighted by Crippen LogP contribution is 2.19. The van der Waals surface area contributed by atoms with E-state index in [1.54, 1.807) is 0 Å². The first-order valence-electron chi connectivity index (χ1n) is 33.7. The fraction of sp³-hybridized carbons (Fsp3) is 0.926. The highest BCUT2D eigenvalue weighted by molar-refractivity contribution is 5.71. The van der Waals surface area contributed by atoms with Crippen LogP contribution in [0, 0.1) is 0 Å². The molecule has 0 aliphatic carbocycles. The molecule has 0 aromatic carbocycles. The zero-order valence-corrected chi connectivity index (χ0v) is 50.4. The van der Waals surface area contributed by atoms with Crippen molar-refractivity contribution in [2.45, 2.75) is 393 Å². The smallest absolute Gasteiger partial charge is 0.306 e. The topological polar surface area (TPSA) is 78.9 Å². The van der Waals surface area contributed by atoms with E-state index in [1.807, 2.05) is 0 Å². The van der Waals surface area contributed by atoms with Gasteiger partial charge in [0.1, 0.15) is 13.2 Å². The highest BCUT2D eigenvalue weighted by atomic mass is 16.6. The maximum Gasteiger partial charge on any atom is 0.306 e. The van der Waals surface area contributed by atoms with Gasteiger partial charge in [-0.2, -0.15) is 0 Å². The van der Waals surface area contributed by atoms with Crippen molar-refractivity contribution in [1.29, 1.82) is 0 Å². The molecule has 0 aromatic heterocycles. The average Bonchev–Trinajstić information content (AvgIpc) is 3.40. The molecule has 0 N–H and O–H groups in total. The van der Waals surface area contributed by atoms with E-state index in [4.69, 9.17) is 14.2 Å². The van der Waals surface area contributed by atoms with E-state index in [0.29, 0.717) is 19.3 Å². The largest absolute Gasteiger partial charge is 0.462 e. The molecule has 1 unspecified atom stereocenters. The molecule has 438 valence electrons. The Kier molecular flexibility index (Phi) is 62.1. The van der Waals surface area contributed by atoms with Crippen LogP contribution in [-0.4, -0.2) is 37.2 Å². The Bertz CT molecular complexity index is 1150. The first-order valence-corrected chi connectivity index (χ1v) is 33.7. The Morgan fingerprint density at radius 3 is 0.676 bits per heavy atom. The highest BCUT2D eigenvalue weighted by Gasteiger charge is 2.19. The molecule has 0 aliphatic rings. The van der Waals surface area contributed by atoms with Crippen LogP contribution in [0.5, 0.6) is 0 Å². The van der Waals surface area contributed by atoms with Crippen molar-refractivity contribution in [2.24, 2.45) is 0 Å². The molecule has 0 bridgehead atoms. The second-order valence-electron chi connectivity index (χ2n) is 23.1. The number of ether oxygens (including phenoxy) is 3. The molecule has 0 saturated heterocycles. The van der Waals surface area contributed by atoms with Crippen molar-refractivity contribution in [1.82, 2.24) is 0 Å². The molecule has 0 rings (SSSR count). The van der Waals surface area contributed by atoms with Crippen molar-refractivity contribution in [3.63, 3.8) is 0 Å². The number of hydrogen-bond acceptors (Lipinski definition) is 6. The summed E-state index contributed by atoms with van der Waals surface area (Å²) in [4.78, 5) is 38.0. The molecule has 6 heteroatoms. The van der Waals surface area contributed by atoms with Crippen LogP contribution in [0.4, 0.5) is 0 Å². The summed E-state index contributed by atoms with van der Waals surface area (Å²) in [6, 6.07) is 0. The van der Waals surface area contributed by atoms with Crippen LogP contribution >= 0.6 is 0 Å². The van der Waals surface area contributed by atoms with Crippen molar-refractivity contribution in [3.05, 3.63) is 12.2 Å². The van der Waals surface area contributed by atoms with Gasteiger partial charge in [0.25, 0.3) is 0 Å². The van der Waals surface area contributed by atoms with Crippen LogP contribution in [0.15, 0.2) is 12.2 Å². The van der Waals surface area contributed by atoms with Gasteiger partial charge < -0.3 is 14.2 Å². The normalized spacial score (nSPS) is 12.0. The first kappa shape index (κ1) is 72.2. The first-order chi connectivity index (χ1) is 36.5. The predicted octanol–water partition coefficient (Wildman–Crippen LogP) is 22.8. The van der Waals surface area contributed by atoms with Crippen LogP contribution < -0.4 is 0 Å². The molecule has 0 heterocycles. The van der Waals surface area contributed by atoms with Crippen LogP contribution in [0.3, 0.4) is 0 Å². The maximum absolute atomic E-state index is 12.8. The SMILES string of the molecule is CCCCCCCCCC/C=C\CCCCCCCCCCCCCCCC(=O)OC(COC(=O)CCCCCCC)COC(=O)CCCCCCCCCCCCCCCCCCCCCCCCCCCC. The number of rotatable bonds is 63. The fourth-order valence-corrected chi connectivity index (χ4v) is 10.4. The van der Waals surface area contributed by atoms with E-state index in [1.165, 1.54) is 283 Å². The quantitative estimate of drug-likeness (QED) is 0.0261. The van der Waals surface area contributed by atoms with E-state index in [-0.39, 0.29) is 31.1 Å². The lowest BCUT2D eigenvalue weighted by Gasteiger charge is -2.18. The second-order valence-corrected chi connectivity index (χ2v) is 23.1. The molecule has 0 fully saturated rings. The van der Waals surface area contributed by atoms with Gasteiger partial charge in [-0.3, -0.25) is 14.4 Å². The summed E-state index contributed by atoms with van der Waals surface area (Å²) in [6.45, 7) is 6.63. The number of hydrogen-bond donors (Lipinski definition) is 0. The Hall–Kier alpha value is -1.85. The van der Waals surface area contributed by atoms with Gasteiger partial charge in [-0.25, -0.2) is 0 Å². The molecule has 74 heavy (non-hydrogen) atoms. The molecular weight excluding hydrogens is 913 g/mol. The zero-order chi connectivity index (χ0) is 53.6. The van der Waals surface area contributed by atoms with Gasteiger partial charge >= 0.3 is 17.9 Å². The third-order valence-electron chi connectivity index (χ3n) is 15.5. The van der Waals surface area contributed by atoms with Crippen LogP contribution in [0.2, 0.25) is 0 Å². The van der Waals surface area contributed by atoms with Gasteiger partial charge in [0.2, 0.25) is 0 Å². The molecule has 0 aliphatic heterocycles. The van der Waals surface area contributed by atoms with E-state index < -0.39 is 6.10 Å². The van der Waals surface area contributed by atoms with Crippen molar-refractivity contribution < 1.29 is 28.6 Å². The lowest BCUT2D eigenvalue weighted by molar-refractivity contribution is -0.167. The minimum Gasteiger partial charge on any atom is -0.462 e. The molecule has 0 amide bonds. The van der Waals surface area contributed by atoms with Gasteiger partial charge in [0, 0.05) is 19.3 Å². The average molecular weight is 1040 g/mol. The predicted molar refractivity (Wildman–Crippen MR) is 321 cm³/mol. The van der Waals surface area contributed by atoms with Gasteiger partial charge in [-0.1, -0.05) is 335 Å². The van der Waals surface area contributed by atoms with E-state index in [0.717, 1.165) is 64.2 Å². The summed E-state index contributed by atoms with van der Waals surface area (Å²) in [5.74, 6) is -0.851. The molecule has 0 spiro atoms. The summed E-state index contributed by atoms with van der Waals surface area (Å²) >= 11 is 0. The van der Waals surface area contributed by atoms with Crippen LogP contribution in [-0.2, 0) is 28.6 Å². The number of esters is 3. The summed E-state index contributed by atoms with van der Waals surface area (Å²) in [7, 11) is 0. The standard InChI is InChI=1S/C68H130O6/c1-4-7-10-13-15-17-19-21-23-25-27-29-31-33-35-36-38-40-42-44-46-48-50-52-55-58-61-67(70)73-64-65(63-72-66(69)60-57-54-12-9-6-3)74-68(71)62-59-56-53-51-49-47-45-43-41-39-37-34-32-30-28-26-24-22-20-18-16-14-11-8-5-2/h26,28,65H,4-25,27,29-64H2,1-3H3/b28-26-. The fourth-order valence-electron chi connectivity index (χ4n) is 10.4. The Morgan fingerprint density at radius 2 is 0.446 bits per heavy atom. The van der Waals surface area contributed by atoms with Crippen LogP contribution in [0.1, 0.15) is 387 Å². The third-order valence-corrected chi connectivity index (χ3v) is 15.5. The van der Waals surface area contributed by atoms with Gasteiger partial charge in [0.05, 0.1) is 0 Å². The second kappa shape index (κ2) is 63.7. The molecule has 0 aromatic rings. The molecule has 0 radical (unpaired) electrons. The number of unbranched alkanes of at least 4 members (excludes halogenated alkanes) is 50. The summed E-state index contributed by atoms with van der Waals surface area (Å²) in [6.07, 6.45) is 75.8. The third kappa shape index (κ3) is 61.0. The van der Waals surface area contributed by atoms with Crippen molar-refractivity contribution >= 4 is 17.9 Å². The number of carbonyl (C=O) groups is 3. The lowest BCUT2D eigenvalue weighted by Crippen LogP contribution is -2.30. The summed E-state index contributed by atoms with van der Waals surface area (Å²) in [5, 5.41) is 0. The molecule has 0 saturated carbocycles. The Morgan fingerprint density at radius 1 is 0.257 bits per heavy atom. The maximum atomic E-state index is 12.8. The minimum atomic E-state index is -0.763. The van der Waals surface area contributed by atoms with Gasteiger partial charge in [0.15, 0.2) is 6.10 Å². The minimum absolute atomic E-state index is 0.0646. The Labute approximate surface area is 462 Å². The van der Waals surface area contributed by atoms with Crippen molar-refractivity contribution in [3.8, 4) is 0 Å².